The SMILES string of the molecule is COc1ccc(/C(O)=C2/C(=O)C(=O)N(CCCN(C)C)C2c2cccc(C)c2)cc1Br. The van der Waals surface area contributed by atoms with E-state index >= 15 is 0 Å². The van der Waals surface area contributed by atoms with Crippen molar-refractivity contribution >= 4 is 33.4 Å². The molecule has 1 fully saturated rings. The second kappa shape index (κ2) is 9.66. The zero-order chi connectivity index (χ0) is 22.7. The van der Waals surface area contributed by atoms with Crippen LogP contribution in [0.2, 0.25) is 0 Å². The molecule has 31 heavy (non-hydrogen) atoms. The number of carbonyl (C=O) groups excluding carboxylic acids is 2. The van der Waals surface area contributed by atoms with Crippen molar-refractivity contribution in [2.75, 3.05) is 34.3 Å². The van der Waals surface area contributed by atoms with Crippen molar-refractivity contribution in [1.82, 2.24) is 9.80 Å². The highest BCUT2D eigenvalue weighted by atomic mass is 79.9. The second-order valence-corrected chi connectivity index (χ2v) is 8.77. The summed E-state index contributed by atoms with van der Waals surface area (Å²) < 4.78 is 5.89. The molecule has 6 nitrogen and oxygen atoms in total. The Kier molecular flexibility index (Phi) is 7.18. The van der Waals surface area contributed by atoms with Gasteiger partial charge in [-0.15, -0.1) is 0 Å². The van der Waals surface area contributed by atoms with Crippen LogP contribution in [0.4, 0.5) is 0 Å². The number of hydrogen-bond acceptors (Lipinski definition) is 5. The molecule has 1 unspecified atom stereocenters. The summed E-state index contributed by atoms with van der Waals surface area (Å²) in [5.74, 6) is -0.834. The molecule has 1 saturated heterocycles. The molecular weight excluding hydrogens is 460 g/mol. The lowest BCUT2D eigenvalue weighted by molar-refractivity contribution is -0.139. The first-order valence-corrected chi connectivity index (χ1v) is 10.9. The number of methoxy groups -OCH3 is 1. The largest absolute Gasteiger partial charge is 0.507 e. The summed E-state index contributed by atoms with van der Waals surface area (Å²) in [6.07, 6.45) is 0.719. The van der Waals surface area contributed by atoms with Crippen LogP contribution in [0.5, 0.6) is 5.75 Å². The fourth-order valence-electron chi connectivity index (χ4n) is 3.82. The Bertz CT molecular complexity index is 1030. The lowest BCUT2D eigenvalue weighted by Gasteiger charge is -2.26. The van der Waals surface area contributed by atoms with E-state index in [-0.39, 0.29) is 11.3 Å². The number of ether oxygens (including phenoxy) is 1. The molecule has 0 bridgehead atoms. The van der Waals surface area contributed by atoms with Gasteiger partial charge in [0.15, 0.2) is 0 Å². The van der Waals surface area contributed by atoms with Gasteiger partial charge in [-0.1, -0.05) is 29.8 Å². The maximum Gasteiger partial charge on any atom is 0.295 e. The van der Waals surface area contributed by atoms with Crippen LogP contribution in [0.15, 0.2) is 52.5 Å². The molecule has 1 atom stereocenters. The average Bonchev–Trinajstić information content (AvgIpc) is 2.98. The Morgan fingerprint density at radius 1 is 1.19 bits per heavy atom. The fourth-order valence-corrected chi connectivity index (χ4v) is 4.36. The van der Waals surface area contributed by atoms with Gasteiger partial charge in [0.2, 0.25) is 0 Å². The van der Waals surface area contributed by atoms with Crippen molar-refractivity contribution in [1.29, 1.82) is 0 Å². The van der Waals surface area contributed by atoms with E-state index in [4.69, 9.17) is 4.74 Å². The topological polar surface area (TPSA) is 70.1 Å². The van der Waals surface area contributed by atoms with E-state index in [1.807, 2.05) is 50.2 Å². The zero-order valence-corrected chi connectivity index (χ0v) is 19.8. The number of aliphatic hydroxyl groups is 1. The monoisotopic (exact) mass is 486 g/mol. The number of likely N-dealkylation sites (tertiary alicyclic amines) is 1. The quantitative estimate of drug-likeness (QED) is 0.361. The number of carbonyl (C=O) groups is 2. The number of aryl methyl sites for hydroxylation is 1. The predicted molar refractivity (Wildman–Crippen MR) is 124 cm³/mol. The molecule has 1 aliphatic rings. The number of Topliss-reactive ketones (excluding diaryl/α,β-unsaturated/α-hetero) is 1. The van der Waals surface area contributed by atoms with E-state index in [0.29, 0.717) is 22.3 Å². The van der Waals surface area contributed by atoms with Gasteiger partial charge in [-0.25, -0.2) is 0 Å². The maximum atomic E-state index is 13.0. The number of benzene rings is 2. The number of hydrogen-bond donors (Lipinski definition) is 1. The second-order valence-electron chi connectivity index (χ2n) is 7.91. The molecule has 2 aromatic rings. The fraction of sp³-hybridized carbons (Fsp3) is 0.333. The van der Waals surface area contributed by atoms with Gasteiger partial charge in [-0.05, 0) is 73.7 Å². The van der Waals surface area contributed by atoms with Gasteiger partial charge in [0.25, 0.3) is 11.7 Å². The van der Waals surface area contributed by atoms with Crippen molar-refractivity contribution < 1.29 is 19.4 Å². The minimum Gasteiger partial charge on any atom is -0.507 e. The number of nitrogens with zero attached hydrogens (tertiary/aromatic N) is 2. The van der Waals surface area contributed by atoms with Crippen LogP contribution in [0, 0.1) is 6.92 Å². The summed E-state index contributed by atoms with van der Waals surface area (Å²) in [5.41, 5.74) is 2.37. The third kappa shape index (κ3) is 4.83. The highest BCUT2D eigenvalue weighted by molar-refractivity contribution is 9.10. The van der Waals surface area contributed by atoms with Crippen molar-refractivity contribution in [3.63, 3.8) is 0 Å². The summed E-state index contributed by atoms with van der Waals surface area (Å²) in [6.45, 7) is 3.17. The van der Waals surface area contributed by atoms with Crippen LogP contribution in [-0.4, -0.2) is 60.9 Å². The molecule has 0 aliphatic carbocycles. The summed E-state index contributed by atoms with van der Waals surface area (Å²) >= 11 is 3.41. The highest BCUT2D eigenvalue weighted by Gasteiger charge is 2.45. The van der Waals surface area contributed by atoms with Crippen LogP contribution in [0.3, 0.4) is 0 Å². The first-order chi connectivity index (χ1) is 14.7. The Balaban J connectivity index is 2.11. The molecule has 2 aromatic carbocycles. The smallest absolute Gasteiger partial charge is 0.295 e. The number of amides is 1. The molecule has 0 spiro atoms. The Labute approximate surface area is 191 Å². The average molecular weight is 487 g/mol. The van der Waals surface area contributed by atoms with E-state index < -0.39 is 17.7 Å². The van der Waals surface area contributed by atoms with Crippen LogP contribution in [-0.2, 0) is 9.59 Å². The van der Waals surface area contributed by atoms with Gasteiger partial charge in [0.1, 0.15) is 11.5 Å². The van der Waals surface area contributed by atoms with E-state index in [9.17, 15) is 14.7 Å². The van der Waals surface area contributed by atoms with Crippen LogP contribution in [0.25, 0.3) is 5.76 Å². The summed E-state index contributed by atoms with van der Waals surface area (Å²) in [5, 5.41) is 11.1. The van der Waals surface area contributed by atoms with Crippen molar-refractivity contribution in [2.24, 2.45) is 0 Å². The van der Waals surface area contributed by atoms with Gasteiger partial charge in [-0.3, -0.25) is 9.59 Å². The van der Waals surface area contributed by atoms with Crippen molar-refractivity contribution in [3.05, 3.63) is 69.2 Å². The number of halogens is 1. The summed E-state index contributed by atoms with van der Waals surface area (Å²) in [4.78, 5) is 29.6. The summed E-state index contributed by atoms with van der Waals surface area (Å²) in [6, 6.07) is 12.1. The molecule has 0 radical (unpaired) electrons. The van der Waals surface area contributed by atoms with E-state index in [2.05, 4.69) is 15.9 Å². The number of rotatable bonds is 7. The lowest BCUT2D eigenvalue weighted by atomic mass is 9.94. The minimum absolute atomic E-state index is 0.109. The molecule has 0 saturated carbocycles. The van der Waals surface area contributed by atoms with Gasteiger partial charge >= 0.3 is 0 Å². The summed E-state index contributed by atoms with van der Waals surface area (Å²) in [7, 11) is 5.48. The standard InChI is InChI=1S/C24H27BrN2O4/c1-15-7-5-8-16(13-15)21-20(22(28)17-9-10-19(31-4)18(25)14-17)23(29)24(30)27(21)12-6-11-26(2)3/h5,7-10,13-14,21,28H,6,11-12H2,1-4H3/b22-20-. The third-order valence-electron chi connectivity index (χ3n) is 5.33. The molecule has 1 heterocycles. The van der Waals surface area contributed by atoms with Gasteiger partial charge < -0.3 is 19.6 Å². The normalized spacial score (nSPS) is 18.1. The van der Waals surface area contributed by atoms with Crippen molar-refractivity contribution in [2.45, 2.75) is 19.4 Å². The molecule has 7 heteroatoms. The Morgan fingerprint density at radius 3 is 2.55 bits per heavy atom. The molecular formula is C24H27BrN2O4. The van der Waals surface area contributed by atoms with E-state index in [0.717, 1.165) is 24.1 Å². The highest BCUT2D eigenvalue weighted by Crippen LogP contribution is 2.40. The van der Waals surface area contributed by atoms with Crippen LogP contribution < -0.4 is 4.74 Å². The van der Waals surface area contributed by atoms with Gasteiger partial charge in [0, 0.05) is 12.1 Å². The van der Waals surface area contributed by atoms with Gasteiger partial charge in [0.05, 0.1) is 23.2 Å². The Morgan fingerprint density at radius 2 is 1.94 bits per heavy atom. The Hall–Kier alpha value is -2.64. The molecule has 164 valence electrons. The van der Waals surface area contributed by atoms with E-state index in [1.165, 1.54) is 0 Å². The zero-order valence-electron chi connectivity index (χ0n) is 18.2. The molecule has 1 N–H and O–H groups in total. The van der Waals surface area contributed by atoms with E-state index in [1.54, 1.807) is 30.2 Å². The molecule has 0 aromatic heterocycles. The first kappa shape index (κ1) is 23.0. The lowest BCUT2D eigenvalue weighted by Crippen LogP contribution is -2.32. The number of ketones is 1. The molecule has 1 amide bonds. The van der Waals surface area contributed by atoms with Crippen molar-refractivity contribution in [3.8, 4) is 5.75 Å². The molecule has 1 aliphatic heterocycles. The maximum absolute atomic E-state index is 13.0. The first-order valence-electron chi connectivity index (χ1n) is 10.1. The molecule has 3 rings (SSSR count). The number of aliphatic hydroxyl groups excluding tert-OH is 1. The predicted octanol–water partition coefficient (Wildman–Crippen LogP) is 4.14. The van der Waals surface area contributed by atoms with Crippen LogP contribution in [0.1, 0.15) is 29.2 Å². The van der Waals surface area contributed by atoms with Gasteiger partial charge in [-0.2, -0.15) is 0 Å². The van der Waals surface area contributed by atoms with Crippen LogP contribution >= 0.6 is 15.9 Å². The minimum atomic E-state index is -0.666. The third-order valence-corrected chi connectivity index (χ3v) is 5.95.